The SMILES string of the molecule is O=C1c2ccc3c4ccc5c6c(ccc(c7ccc(c2c37)C(=O)N1c1ccccc1F)c64)C(=O)N(c1ccccc1F)C5=O. The molecule has 7 aromatic carbocycles. The van der Waals surface area contributed by atoms with Crippen molar-refractivity contribution in [2.24, 2.45) is 0 Å². The summed E-state index contributed by atoms with van der Waals surface area (Å²) < 4.78 is 29.5. The quantitative estimate of drug-likeness (QED) is 0.120. The highest BCUT2D eigenvalue weighted by atomic mass is 19.1. The second-order valence-electron chi connectivity index (χ2n) is 10.9. The number of anilines is 2. The summed E-state index contributed by atoms with van der Waals surface area (Å²) >= 11 is 0. The van der Waals surface area contributed by atoms with Gasteiger partial charge in [-0.15, -0.1) is 0 Å². The van der Waals surface area contributed by atoms with E-state index >= 15 is 0 Å². The maximum atomic E-state index is 14.8. The van der Waals surface area contributed by atoms with Crippen molar-refractivity contribution in [3.05, 3.63) is 131 Å². The summed E-state index contributed by atoms with van der Waals surface area (Å²) in [5, 5.41) is 5.24. The van der Waals surface area contributed by atoms with Crippen molar-refractivity contribution in [3.63, 3.8) is 0 Å². The smallest absolute Gasteiger partial charge is 0.266 e. The van der Waals surface area contributed by atoms with Gasteiger partial charge in [0.15, 0.2) is 0 Å². The second-order valence-corrected chi connectivity index (χ2v) is 10.9. The molecule has 44 heavy (non-hydrogen) atoms. The van der Waals surface area contributed by atoms with Crippen LogP contribution in [-0.4, -0.2) is 23.6 Å². The topological polar surface area (TPSA) is 74.8 Å². The Morgan fingerprint density at radius 1 is 0.364 bits per heavy atom. The molecule has 0 aliphatic carbocycles. The molecule has 0 saturated heterocycles. The van der Waals surface area contributed by atoms with Crippen LogP contribution in [0.4, 0.5) is 20.2 Å². The number of amides is 4. The largest absolute Gasteiger partial charge is 0.268 e. The van der Waals surface area contributed by atoms with Gasteiger partial charge in [0.25, 0.3) is 23.6 Å². The van der Waals surface area contributed by atoms with Crippen LogP contribution in [0.5, 0.6) is 0 Å². The molecule has 4 amide bonds. The van der Waals surface area contributed by atoms with Crippen LogP contribution in [0.3, 0.4) is 0 Å². The molecular weight excluding hydrogens is 562 g/mol. The number of benzene rings is 7. The summed E-state index contributed by atoms with van der Waals surface area (Å²) in [6.45, 7) is 0. The zero-order chi connectivity index (χ0) is 30.0. The molecule has 0 N–H and O–H groups in total. The van der Waals surface area contributed by atoms with E-state index in [1.165, 1.54) is 36.4 Å². The molecule has 0 saturated carbocycles. The van der Waals surface area contributed by atoms with Gasteiger partial charge in [-0.2, -0.15) is 0 Å². The van der Waals surface area contributed by atoms with E-state index in [0.29, 0.717) is 21.5 Å². The zero-order valence-corrected chi connectivity index (χ0v) is 22.5. The summed E-state index contributed by atoms with van der Waals surface area (Å²) in [6.07, 6.45) is 0. The van der Waals surface area contributed by atoms with E-state index in [0.717, 1.165) is 31.3 Å². The van der Waals surface area contributed by atoms with E-state index < -0.39 is 35.3 Å². The lowest BCUT2D eigenvalue weighted by molar-refractivity contribution is 0.0876. The molecule has 208 valence electrons. The van der Waals surface area contributed by atoms with E-state index in [2.05, 4.69) is 0 Å². The van der Waals surface area contributed by atoms with Crippen LogP contribution in [0.25, 0.3) is 43.1 Å². The van der Waals surface area contributed by atoms with E-state index in [4.69, 9.17) is 0 Å². The van der Waals surface area contributed by atoms with Crippen LogP contribution in [0.15, 0.2) is 97.1 Å². The number of imide groups is 2. The predicted molar refractivity (Wildman–Crippen MR) is 163 cm³/mol. The minimum absolute atomic E-state index is 0.120. The number of carbonyl (C=O) groups is 4. The van der Waals surface area contributed by atoms with Gasteiger partial charge in [-0.3, -0.25) is 19.2 Å². The zero-order valence-electron chi connectivity index (χ0n) is 22.5. The summed E-state index contributed by atoms with van der Waals surface area (Å²) in [5.41, 5.74) is 0.827. The molecule has 6 nitrogen and oxygen atoms in total. The molecule has 9 rings (SSSR count). The highest BCUT2D eigenvalue weighted by Gasteiger charge is 2.39. The van der Waals surface area contributed by atoms with Crippen molar-refractivity contribution in [1.82, 2.24) is 0 Å². The minimum Gasteiger partial charge on any atom is -0.268 e. The fourth-order valence-electron chi connectivity index (χ4n) is 6.97. The van der Waals surface area contributed by atoms with Gasteiger partial charge in [0.05, 0.1) is 11.4 Å². The minimum atomic E-state index is -0.686. The third kappa shape index (κ3) is 2.86. The number of nitrogens with zero attached hydrogens (tertiary/aromatic N) is 2. The Kier molecular flexibility index (Phi) is 4.63. The van der Waals surface area contributed by atoms with E-state index in [1.54, 1.807) is 60.7 Å². The Bertz CT molecular complexity index is 2230. The molecule has 7 aromatic rings. The number of halogens is 2. The van der Waals surface area contributed by atoms with Crippen LogP contribution in [-0.2, 0) is 0 Å². The molecule has 8 heteroatoms. The molecule has 0 bridgehead atoms. The number of para-hydroxylation sites is 2. The Balaban J connectivity index is 1.33. The number of fused-ring (bicyclic) bond motifs is 2. The van der Waals surface area contributed by atoms with Crippen molar-refractivity contribution in [2.45, 2.75) is 0 Å². The standard InChI is InChI=1S/C36H16F2N2O4/c37-25-5-1-3-7-27(25)39-33(41)21-13-9-17-19-11-15-23-32-24(36(44)40(35(23)43)28-8-4-2-6-26(28)38)16-12-20(30(19)32)18-10-14-22(34(39)42)31(21)29(17)18/h1-16H. The maximum absolute atomic E-state index is 14.8. The molecule has 0 fully saturated rings. The number of rotatable bonds is 2. The summed E-state index contributed by atoms with van der Waals surface area (Å²) in [4.78, 5) is 56.7. The predicted octanol–water partition coefficient (Wildman–Crippen LogP) is 7.62. The highest BCUT2D eigenvalue weighted by molar-refractivity contribution is 6.45. The van der Waals surface area contributed by atoms with Gasteiger partial charge in [0, 0.05) is 33.0 Å². The number of carbonyl (C=O) groups excluding carboxylic acids is 4. The number of hydrogen-bond donors (Lipinski definition) is 0. The lowest BCUT2D eigenvalue weighted by Crippen LogP contribution is -2.41. The van der Waals surface area contributed by atoms with Crippen LogP contribution in [0.1, 0.15) is 41.4 Å². The Hall–Kier alpha value is -6.02. The molecule has 0 spiro atoms. The van der Waals surface area contributed by atoms with Gasteiger partial charge in [0.2, 0.25) is 0 Å². The van der Waals surface area contributed by atoms with Crippen molar-refractivity contribution >= 4 is 78.1 Å². The van der Waals surface area contributed by atoms with Crippen LogP contribution >= 0.6 is 0 Å². The van der Waals surface area contributed by atoms with Gasteiger partial charge >= 0.3 is 0 Å². The summed E-state index contributed by atoms with van der Waals surface area (Å²) in [7, 11) is 0. The Labute approximate surface area is 246 Å². The molecular formula is C36H16F2N2O4. The van der Waals surface area contributed by atoms with Crippen LogP contribution < -0.4 is 9.80 Å². The molecule has 0 aromatic heterocycles. The first kappa shape index (κ1) is 24.6. The van der Waals surface area contributed by atoms with Crippen molar-refractivity contribution < 1.29 is 28.0 Å². The molecule has 0 radical (unpaired) electrons. The number of hydrogen-bond acceptors (Lipinski definition) is 4. The monoisotopic (exact) mass is 578 g/mol. The van der Waals surface area contributed by atoms with Gasteiger partial charge in [0.1, 0.15) is 11.6 Å². The molecule has 0 atom stereocenters. The fraction of sp³-hybridized carbons (Fsp3) is 0. The lowest BCUT2D eigenvalue weighted by atomic mass is 9.82. The summed E-state index contributed by atoms with van der Waals surface area (Å²) in [5.74, 6) is -3.88. The average molecular weight is 579 g/mol. The van der Waals surface area contributed by atoms with Crippen molar-refractivity contribution in [3.8, 4) is 0 Å². The first-order chi connectivity index (χ1) is 21.4. The Morgan fingerprint density at radius 3 is 0.955 bits per heavy atom. The van der Waals surface area contributed by atoms with Gasteiger partial charge in [-0.05, 0) is 80.8 Å². The molecule has 2 aliphatic rings. The lowest BCUT2D eigenvalue weighted by Gasteiger charge is -2.30. The Morgan fingerprint density at radius 2 is 0.659 bits per heavy atom. The third-order valence-corrected chi connectivity index (χ3v) is 8.82. The van der Waals surface area contributed by atoms with Gasteiger partial charge in [-0.1, -0.05) is 48.5 Å². The second kappa shape index (κ2) is 8.29. The van der Waals surface area contributed by atoms with Crippen molar-refractivity contribution in [2.75, 3.05) is 9.80 Å². The normalized spacial score (nSPS) is 14.7. The highest BCUT2D eigenvalue weighted by Crippen LogP contribution is 2.47. The van der Waals surface area contributed by atoms with Crippen LogP contribution in [0, 0.1) is 11.6 Å². The van der Waals surface area contributed by atoms with Gasteiger partial charge < -0.3 is 0 Å². The van der Waals surface area contributed by atoms with E-state index in [1.807, 2.05) is 0 Å². The fourth-order valence-corrected chi connectivity index (χ4v) is 6.97. The van der Waals surface area contributed by atoms with Gasteiger partial charge in [-0.25, -0.2) is 18.6 Å². The molecule has 2 aliphatic heterocycles. The van der Waals surface area contributed by atoms with Crippen molar-refractivity contribution in [1.29, 1.82) is 0 Å². The molecule has 2 heterocycles. The first-order valence-electron chi connectivity index (χ1n) is 13.8. The first-order valence-corrected chi connectivity index (χ1v) is 13.8. The third-order valence-electron chi connectivity index (χ3n) is 8.82. The van der Waals surface area contributed by atoms with E-state index in [-0.39, 0.29) is 33.6 Å². The molecule has 0 unspecified atom stereocenters. The van der Waals surface area contributed by atoms with Crippen LogP contribution in [0.2, 0.25) is 0 Å². The maximum Gasteiger partial charge on any atom is 0.266 e. The average Bonchev–Trinajstić information content (AvgIpc) is 3.03. The van der Waals surface area contributed by atoms with E-state index in [9.17, 15) is 28.0 Å². The summed E-state index contributed by atoms with van der Waals surface area (Å²) in [6, 6.07) is 24.9.